The van der Waals surface area contributed by atoms with Gasteiger partial charge in [-0.25, -0.2) is 4.98 Å². The Morgan fingerprint density at radius 3 is 2.85 bits per heavy atom. The van der Waals surface area contributed by atoms with Crippen LogP contribution in [0.2, 0.25) is 0 Å². The topological polar surface area (TPSA) is 46.0 Å². The molecule has 0 aliphatic rings. The Bertz CT molecular complexity index is 547. The van der Waals surface area contributed by atoms with Gasteiger partial charge in [-0.3, -0.25) is 4.68 Å². The first-order valence-corrected chi connectivity index (χ1v) is 6.92. The molecular weight excluding hydrogens is 250 g/mol. The van der Waals surface area contributed by atoms with Crippen molar-refractivity contribution in [3.63, 3.8) is 0 Å². The first-order valence-electron chi connectivity index (χ1n) is 6.92. The van der Waals surface area contributed by atoms with Crippen LogP contribution in [0.25, 0.3) is 0 Å². The van der Waals surface area contributed by atoms with E-state index in [9.17, 15) is 0 Å². The number of nitrogens with one attached hydrogen (secondary N) is 1. The molecule has 0 unspecified atom stereocenters. The molecule has 0 radical (unpaired) electrons. The second-order valence-corrected chi connectivity index (χ2v) is 5.40. The third kappa shape index (κ3) is 3.81. The van der Waals surface area contributed by atoms with Crippen LogP contribution >= 0.6 is 0 Å². The van der Waals surface area contributed by atoms with E-state index in [1.54, 1.807) is 0 Å². The third-order valence-electron chi connectivity index (χ3n) is 3.11. The normalized spacial score (nSPS) is 11.1. The van der Waals surface area contributed by atoms with Crippen molar-refractivity contribution in [3.05, 3.63) is 41.9 Å². The van der Waals surface area contributed by atoms with Crippen LogP contribution in [0.1, 0.15) is 25.0 Å². The maximum Gasteiger partial charge on any atom is 0.133 e. The molecule has 2 aromatic heterocycles. The minimum Gasteiger partial charge on any atom is -0.355 e. The minimum absolute atomic E-state index is 0.465. The van der Waals surface area contributed by atoms with Gasteiger partial charge in [0, 0.05) is 56.7 Å². The van der Waals surface area contributed by atoms with Crippen LogP contribution in [-0.4, -0.2) is 27.9 Å². The summed E-state index contributed by atoms with van der Waals surface area (Å²) in [4.78, 5) is 6.68. The smallest absolute Gasteiger partial charge is 0.133 e. The second kappa shape index (κ2) is 6.52. The van der Waals surface area contributed by atoms with Crippen LogP contribution in [0, 0.1) is 0 Å². The molecule has 2 rings (SSSR count). The molecule has 0 aromatic carbocycles. The Balaban J connectivity index is 2.10. The van der Waals surface area contributed by atoms with Crippen molar-refractivity contribution in [2.75, 3.05) is 11.9 Å². The lowest BCUT2D eigenvalue weighted by atomic mass is 10.2. The molecule has 20 heavy (non-hydrogen) atoms. The monoisotopic (exact) mass is 273 g/mol. The van der Waals surface area contributed by atoms with Crippen LogP contribution in [0.4, 0.5) is 5.82 Å². The number of anilines is 1. The number of hydrogen-bond acceptors (Lipinski definition) is 4. The van der Waals surface area contributed by atoms with E-state index >= 15 is 0 Å². The van der Waals surface area contributed by atoms with Crippen molar-refractivity contribution >= 4 is 5.82 Å². The minimum atomic E-state index is 0.465. The molecule has 0 saturated carbocycles. The summed E-state index contributed by atoms with van der Waals surface area (Å²) in [6, 6.07) is 4.57. The molecule has 5 heteroatoms. The van der Waals surface area contributed by atoms with Crippen LogP contribution in [0.3, 0.4) is 0 Å². The summed E-state index contributed by atoms with van der Waals surface area (Å²) in [5.41, 5.74) is 2.40. The van der Waals surface area contributed by atoms with Gasteiger partial charge in [-0.1, -0.05) is 19.9 Å². The first-order chi connectivity index (χ1) is 9.56. The summed E-state index contributed by atoms with van der Waals surface area (Å²) in [7, 11) is 4.00. The summed E-state index contributed by atoms with van der Waals surface area (Å²) >= 11 is 0. The van der Waals surface area contributed by atoms with Crippen molar-refractivity contribution in [1.29, 1.82) is 0 Å². The first kappa shape index (κ1) is 14.5. The van der Waals surface area contributed by atoms with E-state index < -0.39 is 0 Å². The van der Waals surface area contributed by atoms with E-state index in [2.05, 4.69) is 47.3 Å². The molecule has 0 aliphatic heterocycles. The summed E-state index contributed by atoms with van der Waals surface area (Å²) in [5, 5.41) is 7.64. The van der Waals surface area contributed by atoms with E-state index in [1.165, 1.54) is 11.1 Å². The van der Waals surface area contributed by atoms with Gasteiger partial charge < -0.3 is 10.2 Å². The molecule has 0 bridgehead atoms. The zero-order chi connectivity index (χ0) is 14.5. The highest BCUT2D eigenvalue weighted by molar-refractivity contribution is 5.46. The number of hydrogen-bond donors (Lipinski definition) is 1. The van der Waals surface area contributed by atoms with Crippen molar-refractivity contribution in [3.8, 4) is 0 Å². The van der Waals surface area contributed by atoms with Gasteiger partial charge in [0.05, 0.1) is 6.20 Å². The Morgan fingerprint density at radius 1 is 1.40 bits per heavy atom. The Kier molecular flexibility index (Phi) is 4.74. The highest BCUT2D eigenvalue weighted by Gasteiger charge is 2.10. The quantitative estimate of drug-likeness (QED) is 0.874. The standard InChI is InChI=1S/C15H23N5/c1-12(2)17-9-14-6-5-7-16-15(14)19(3)10-13-8-18-20(4)11-13/h5-8,11-12,17H,9-10H2,1-4H3. The highest BCUT2D eigenvalue weighted by Crippen LogP contribution is 2.17. The van der Waals surface area contributed by atoms with E-state index in [4.69, 9.17) is 0 Å². The number of pyridine rings is 1. The van der Waals surface area contributed by atoms with Gasteiger partial charge in [0.1, 0.15) is 5.82 Å². The predicted molar refractivity (Wildman–Crippen MR) is 81.5 cm³/mol. The average Bonchev–Trinajstić information content (AvgIpc) is 2.82. The van der Waals surface area contributed by atoms with Crippen molar-refractivity contribution in [2.24, 2.45) is 7.05 Å². The van der Waals surface area contributed by atoms with Gasteiger partial charge >= 0.3 is 0 Å². The van der Waals surface area contributed by atoms with E-state index in [-0.39, 0.29) is 0 Å². The lowest BCUT2D eigenvalue weighted by Gasteiger charge is -2.21. The molecule has 5 nitrogen and oxygen atoms in total. The van der Waals surface area contributed by atoms with Crippen LogP contribution in [-0.2, 0) is 20.1 Å². The SMILES string of the molecule is CC(C)NCc1cccnc1N(C)Cc1cnn(C)c1. The molecule has 2 aromatic rings. The molecule has 0 atom stereocenters. The van der Waals surface area contributed by atoms with Gasteiger partial charge in [-0.15, -0.1) is 0 Å². The predicted octanol–water partition coefficient (Wildman–Crippen LogP) is 1.95. The maximum absolute atomic E-state index is 4.52. The largest absolute Gasteiger partial charge is 0.355 e. The summed E-state index contributed by atoms with van der Waals surface area (Å²) in [6.45, 7) is 5.93. The van der Waals surface area contributed by atoms with Crippen molar-refractivity contribution in [2.45, 2.75) is 33.0 Å². The lowest BCUT2D eigenvalue weighted by molar-refractivity contribution is 0.587. The van der Waals surface area contributed by atoms with Crippen molar-refractivity contribution in [1.82, 2.24) is 20.1 Å². The number of rotatable bonds is 6. The number of aromatic nitrogens is 3. The van der Waals surface area contributed by atoms with Gasteiger partial charge in [0.2, 0.25) is 0 Å². The van der Waals surface area contributed by atoms with E-state index in [0.29, 0.717) is 6.04 Å². The highest BCUT2D eigenvalue weighted by atomic mass is 15.2. The van der Waals surface area contributed by atoms with Crippen molar-refractivity contribution < 1.29 is 0 Å². The van der Waals surface area contributed by atoms with Crippen LogP contribution < -0.4 is 10.2 Å². The number of nitrogens with zero attached hydrogens (tertiary/aromatic N) is 4. The molecule has 0 saturated heterocycles. The van der Waals surface area contributed by atoms with E-state index in [0.717, 1.165) is 18.9 Å². The van der Waals surface area contributed by atoms with Crippen LogP contribution in [0.15, 0.2) is 30.7 Å². The Labute approximate surface area is 120 Å². The fraction of sp³-hybridized carbons (Fsp3) is 0.467. The molecule has 2 heterocycles. The third-order valence-corrected chi connectivity index (χ3v) is 3.11. The Hall–Kier alpha value is -1.88. The van der Waals surface area contributed by atoms with Gasteiger partial charge in [0.15, 0.2) is 0 Å². The lowest BCUT2D eigenvalue weighted by Crippen LogP contribution is -2.25. The summed E-state index contributed by atoms with van der Waals surface area (Å²) < 4.78 is 1.82. The number of aryl methyl sites for hydroxylation is 1. The second-order valence-electron chi connectivity index (χ2n) is 5.40. The molecule has 0 aliphatic carbocycles. The molecule has 0 fully saturated rings. The molecular formula is C15H23N5. The molecule has 1 N–H and O–H groups in total. The van der Waals surface area contributed by atoms with E-state index in [1.807, 2.05) is 36.4 Å². The zero-order valence-electron chi connectivity index (χ0n) is 12.7. The fourth-order valence-corrected chi connectivity index (χ4v) is 2.13. The Morgan fingerprint density at radius 2 is 2.20 bits per heavy atom. The molecule has 0 spiro atoms. The average molecular weight is 273 g/mol. The van der Waals surface area contributed by atoms with Gasteiger partial charge in [-0.2, -0.15) is 5.10 Å². The molecule has 0 amide bonds. The molecule has 108 valence electrons. The van der Waals surface area contributed by atoms with Gasteiger partial charge in [-0.05, 0) is 6.07 Å². The summed E-state index contributed by atoms with van der Waals surface area (Å²) in [6.07, 6.45) is 5.77. The summed E-state index contributed by atoms with van der Waals surface area (Å²) in [5.74, 6) is 1.02. The fourth-order valence-electron chi connectivity index (χ4n) is 2.13. The van der Waals surface area contributed by atoms with Crippen LogP contribution in [0.5, 0.6) is 0 Å². The zero-order valence-corrected chi connectivity index (χ0v) is 12.7. The van der Waals surface area contributed by atoms with Gasteiger partial charge in [0.25, 0.3) is 0 Å². The maximum atomic E-state index is 4.52.